The zero-order valence-corrected chi connectivity index (χ0v) is 17.0. The lowest BCUT2D eigenvalue weighted by Crippen LogP contribution is -2.50. The number of carbonyl (C=O) groups is 1. The molecule has 0 atom stereocenters. The van der Waals surface area contributed by atoms with E-state index in [9.17, 15) is 17.6 Å². The molecule has 0 spiro atoms. The number of nitrogens with one attached hydrogen (secondary N) is 1. The second-order valence-corrected chi connectivity index (χ2v) is 8.55. The van der Waals surface area contributed by atoms with Gasteiger partial charge in [0.1, 0.15) is 11.6 Å². The number of halogens is 1. The Morgan fingerprint density at radius 1 is 1.03 bits per heavy atom. The van der Waals surface area contributed by atoms with Crippen molar-refractivity contribution in [2.75, 3.05) is 39.8 Å². The van der Waals surface area contributed by atoms with Gasteiger partial charge < -0.3 is 9.64 Å². The van der Waals surface area contributed by atoms with Crippen LogP contribution < -0.4 is 9.46 Å². The molecule has 1 amide bonds. The van der Waals surface area contributed by atoms with Gasteiger partial charge in [-0.25, -0.2) is 17.5 Å². The van der Waals surface area contributed by atoms with Gasteiger partial charge in [-0.1, -0.05) is 12.1 Å². The highest BCUT2D eigenvalue weighted by Gasteiger charge is 2.23. The average Bonchev–Trinajstić information content (AvgIpc) is 2.73. The summed E-state index contributed by atoms with van der Waals surface area (Å²) in [5, 5.41) is 0. The summed E-state index contributed by atoms with van der Waals surface area (Å²) in [6, 6.07) is 12.3. The van der Waals surface area contributed by atoms with E-state index in [1.807, 2.05) is 24.3 Å². The van der Waals surface area contributed by atoms with Crippen LogP contribution >= 0.6 is 0 Å². The van der Waals surface area contributed by atoms with Crippen molar-refractivity contribution in [2.45, 2.75) is 11.4 Å². The minimum atomic E-state index is -3.85. The summed E-state index contributed by atoms with van der Waals surface area (Å²) in [5.41, 5.74) is 1.16. The van der Waals surface area contributed by atoms with E-state index in [1.54, 1.807) is 12.0 Å². The van der Waals surface area contributed by atoms with Gasteiger partial charge in [0, 0.05) is 32.7 Å². The van der Waals surface area contributed by atoms with Gasteiger partial charge in [0.15, 0.2) is 0 Å². The van der Waals surface area contributed by atoms with Gasteiger partial charge in [0.2, 0.25) is 15.9 Å². The van der Waals surface area contributed by atoms with Gasteiger partial charge in [-0.15, -0.1) is 0 Å². The van der Waals surface area contributed by atoms with Gasteiger partial charge in [-0.3, -0.25) is 9.69 Å². The molecule has 1 fully saturated rings. The molecule has 3 rings (SSSR count). The number of amides is 1. The number of ether oxygens (including phenoxy) is 1. The van der Waals surface area contributed by atoms with Crippen molar-refractivity contribution >= 4 is 15.9 Å². The lowest BCUT2D eigenvalue weighted by Gasteiger charge is -2.34. The lowest BCUT2D eigenvalue weighted by atomic mass is 10.2. The predicted molar refractivity (Wildman–Crippen MR) is 106 cm³/mol. The first-order valence-corrected chi connectivity index (χ1v) is 10.7. The first-order chi connectivity index (χ1) is 13.9. The SMILES string of the molecule is COc1ccc(CN2CCN(C(=O)CNS(=O)(=O)c3ccc(F)cc3)CC2)cc1. The third-order valence-electron chi connectivity index (χ3n) is 4.83. The van der Waals surface area contributed by atoms with E-state index < -0.39 is 15.8 Å². The van der Waals surface area contributed by atoms with Crippen LogP contribution in [-0.2, 0) is 21.4 Å². The van der Waals surface area contributed by atoms with Crippen molar-refractivity contribution in [3.63, 3.8) is 0 Å². The largest absolute Gasteiger partial charge is 0.497 e. The minimum Gasteiger partial charge on any atom is -0.497 e. The monoisotopic (exact) mass is 421 g/mol. The van der Waals surface area contributed by atoms with Gasteiger partial charge in [0.05, 0.1) is 18.6 Å². The van der Waals surface area contributed by atoms with Crippen LogP contribution in [0.3, 0.4) is 0 Å². The average molecular weight is 421 g/mol. The van der Waals surface area contributed by atoms with Crippen molar-refractivity contribution in [1.82, 2.24) is 14.5 Å². The van der Waals surface area contributed by atoms with Crippen LogP contribution in [0.4, 0.5) is 4.39 Å². The van der Waals surface area contributed by atoms with E-state index in [1.165, 1.54) is 12.1 Å². The van der Waals surface area contributed by atoms with Gasteiger partial charge in [-0.05, 0) is 42.0 Å². The number of piperazine rings is 1. The number of nitrogens with zero attached hydrogens (tertiary/aromatic N) is 2. The van der Waals surface area contributed by atoms with E-state index in [0.29, 0.717) is 26.2 Å². The van der Waals surface area contributed by atoms with E-state index in [4.69, 9.17) is 4.74 Å². The lowest BCUT2D eigenvalue weighted by molar-refractivity contribution is -0.131. The third kappa shape index (κ3) is 5.75. The Morgan fingerprint density at radius 2 is 1.66 bits per heavy atom. The molecule has 0 bridgehead atoms. The van der Waals surface area contributed by atoms with Crippen LogP contribution in [0.1, 0.15) is 5.56 Å². The predicted octanol–water partition coefficient (Wildman–Crippen LogP) is 1.46. The maximum atomic E-state index is 12.9. The van der Waals surface area contributed by atoms with E-state index in [-0.39, 0.29) is 17.3 Å². The van der Waals surface area contributed by atoms with Crippen LogP contribution in [-0.4, -0.2) is 64.0 Å². The molecule has 1 aliphatic rings. The van der Waals surface area contributed by atoms with Gasteiger partial charge in [0.25, 0.3) is 0 Å². The first kappa shape index (κ1) is 21.2. The van der Waals surface area contributed by atoms with Crippen LogP contribution in [0, 0.1) is 5.82 Å². The number of hydrogen-bond donors (Lipinski definition) is 1. The highest BCUT2D eigenvalue weighted by molar-refractivity contribution is 7.89. The second kappa shape index (κ2) is 9.34. The number of rotatable bonds is 7. The fraction of sp³-hybridized carbons (Fsp3) is 0.350. The second-order valence-electron chi connectivity index (χ2n) is 6.78. The van der Waals surface area contributed by atoms with Crippen molar-refractivity contribution < 1.29 is 22.3 Å². The fourth-order valence-electron chi connectivity index (χ4n) is 3.11. The molecular formula is C20H24FN3O4S. The maximum Gasteiger partial charge on any atom is 0.241 e. The summed E-state index contributed by atoms with van der Waals surface area (Å²) < 4.78 is 44.8. The quantitative estimate of drug-likeness (QED) is 0.732. The molecule has 0 aliphatic carbocycles. The molecule has 29 heavy (non-hydrogen) atoms. The van der Waals surface area contributed by atoms with Crippen LogP contribution in [0.25, 0.3) is 0 Å². The normalized spacial score (nSPS) is 15.3. The fourth-order valence-corrected chi connectivity index (χ4v) is 4.08. The van der Waals surface area contributed by atoms with Crippen LogP contribution in [0.15, 0.2) is 53.4 Å². The van der Waals surface area contributed by atoms with Crippen LogP contribution in [0.5, 0.6) is 5.75 Å². The molecule has 2 aromatic carbocycles. The maximum absolute atomic E-state index is 12.9. The Kier molecular flexibility index (Phi) is 6.83. The van der Waals surface area contributed by atoms with E-state index in [0.717, 1.165) is 30.0 Å². The number of benzene rings is 2. The Hall–Kier alpha value is -2.49. The highest BCUT2D eigenvalue weighted by atomic mass is 32.2. The highest BCUT2D eigenvalue weighted by Crippen LogP contribution is 2.14. The Morgan fingerprint density at radius 3 is 2.24 bits per heavy atom. The van der Waals surface area contributed by atoms with Gasteiger partial charge >= 0.3 is 0 Å². The topological polar surface area (TPSA) is 79.0 Å². The molecule has 1 N–H and O–H groups in total. The summed E-state index contributed by atoms with van der Waals surface area (Å²) in [7, 11) is -2.22. The van der Waals surface area contributed by atoms with Crippen LogP contribution in [0.2, 0.25) is 0 Å². The molecule has 0 saturated carbocycles. The van der Waals surface area contributed by atoms with Gasteiger partial charge in [-0.2, -0.15) is 0 Å². The van der Waals surface area contributed by atoms with E-state index >= 15 is 0 Å². The van der Waals surface area contributed by atoms with Crippen molar-refractivity contribution in [1.29, 1.82) is 0 Å². The number of carbonyl (C=O) groups excluding carboxylic acids is 1. The molecular weight excluding hydrogens is 397 g/mol. The Balaban J connectivity index is 1.46. The summed E-state index contributed by atoms with van der Waals surface area (Å²) >= 11 is 0. The summed E-state index contributed by atoms with van der Waals surface area (Å²) in [4.78, 5) is 16.2. The molecule has 9 heteroatoms. The summed E-state index contributed by atoms with van der Waals surface area (Å²) in [6.45, 7) is 2.95. The van der Waals surface area contributed by atoms with Crippen molar-refractivity contribution in [3.8, 4) is 5.75 Å². The first-order valence-electron chi connectivity index (χ1n) is 9.26. The molecule has 0 unspecified atom stereocenters. The molecule has 7 nitrogen and oxygen atoms in total. The van der Waals surface area contributed by atoms with Crippen molar-refractivity contribution in [2.24, 2.45) is 0 Å². The van der Waals surface area contributed by atoms with Crippen molar-refractivity contribution in [3.05, 3.63) is 59.9 Å². The molecule has 1 saturated heterocycles. The molecule has 0 radical (unpaired) electrons. The molecule has 1 aliphatic heterocycles. The third-order valence-corrected chi connectivity index (χ3v) is 6.24. The molecule has 156 valence electrons. The molecule has 0 aromatic heterocycles. The minimum absolute atomic E-state index is 0.0731. The molecule has 2 aromatic rings. The number of sulfonamides is 1. The summed E-state index contributed by atoms with van der Waals surface area (Å²) in [6.07, 6.45) is 0. The Bertz CT molecular complexity index is 925. The zero-order chi connectivity index (χ0) is 20.9. The van der Waals surface area contributed by atoms with E-state index in [2.05, 4.69) is 9.62 Å². The summed E-state index contributed by atoms with van der Waals surface area (Å²) in [5.74, 6) is 0.0135. The standard InChI is InChI=1S/C20H24FN3O4S/c1-28-18-6-2-16(3-7-18)15-23-10-12-24(13-11-23)20(25)14-22-29(26,27)19-8-4-17(21)5-9-19/h2-9,22H,10-15H2,1H3. The smallest absolute Gasteiger partial charge is 0.241 e. The molecule has 1 heterocycles. The number of hydrogen-bond acceptors (Lipinski definition) is 5. The Labute approximate surface area is 170 Å². The number of methoxy groups -OCH3 is 1. The zero-order valence-electron chi connectivity index (χ0n) is 16.2.